The molecule has 0 atom stereocenters. The molecule has 0 unspecified atom stereocenters. The van der Waals surface area contributed by atoms with E-state index in [1.165, 1.54) is 30.3 Å². The molecular weight excluding hydrogens is 281 g/mol. The maximum Gasteiger partial charge on any atom is 0.255 e. The zero-order chi connectivity index (χ0) is 14.7. The van der Waals surface area contributed by atoms with Gasteiger partial charge in [0.05, 0.1) is 28.0 Å². The molecular formula is C14H9ClFN3O. The van der Waals surface area contributed by atoms with Gasteiger partial charge in [-0.2, -0.15) is 5.26 Å². The molecule has 6 heteroatoms. The molecule has 0 saturated heterocycles. The van der Waals surface area contributed by atoms with Crippen LogP contribution in [0.5, 0.6) is 0 Å². The predicted octanol–water partition coefficient (Wildman–Crippen LogP) is 3.19. The van der Waals surface area contributed by atoms with Crippen LogP contribution in [0.1, 0.15) is 15.9 Å². The lowest BCUT2D eigenvalue weighted by Gasteiger charge is -2.08. The van der Waals surface area contributed by atoms with Crippen molar-refractivity contribution in [2.24, 2.45) is 0 Å². The topological polar surface area (TPSA) is 78.9 Å². The van der Waals surface area contributed by atoms with Crippen LogP contribution in [0.3, 0.4) is 0 Å². The molecule has 0 aliphatic carbocycles. The van der Waals surface area contributed by atoms with Gasteiger partial charge < -0.3 is 11.1 Å². The first-order valence-electron chi connectivity index (χ1n) is 5.57. The molecule has 0 heterocycles. The minimum absolute atomic E-state index is 0.134. The molecule has 2 aromatic rings. The molecule has 0 aromatic heterocycles. The van der Waals surface area contributed by atoms with Gasteiger partial charge in [0, 0.05) is 5.56 Å². The second-order valence-electron chi connectivity index (χ2n) is 4.00. The van der Waals surface area contributed by atoms with Crippen molar-refractivity contribution in [3.63, 3.8) is 0 Å². The zero-order valence-electron chi connectivity index (χ0n) is 10.2. The monoisotopic (exact) mass is 289 g/mol. The fourth-order valence-corrected chi connectivity index (χ4v) is 1.76. The number of rotatable bonds is 2. The highest BCUT2D eigenvalue weighted by molar-refractivity contribution is 6.31. The Bertz CT molecular complexity index is 725. The van der Waals surface area contributed by atoms with Gasteiger partial charge in [0.1, 0.15) is 5.82 Å². The van der Waals surface area contributed by atoms with Crippen LogP contribution in [0.4, 0.5) is 15.8 Å². The molecule has 0 aliphatic heterocycles. The fraction of sp³-hybridized carbons (Fsp3) is 0. The molecule has 20 heavy (non-hydrogen) atoms. The number of benzene rings is 2. The van der Waals surface area contributed by atoms with Crippen LogP contribution >= 0.6 is 11.6 Å². The van der Waals surface area contributed by atoms with Crippen molar-refractivity contribution in [2.45, 2.75) is 0 Å². The Morgan fingerprint density at radius 1 is 1.30 bits per heavy atom. The maximum absolute atomic E-state index is 13.0. The highest BCUT2D eigenvalue weighted by atomic mass is 35.5. The van der Waals surface area contributed by atoms with E-state index < -0.39 is 11.7 Å². The highest BCUT2D eigenvalue weighted by Gasteiger charge is 2.10. The van der Waals surface area contributed by atoms with Gasteiger partial charge in [0.25, 0.3) is 5.91 Å². The molecule has 1 amide bonds. The standard InChI is InChI=1S/C14H9ClFN3O/c15-10-6-9(2-3-11(10)16)14(20)19-13-4-1-8(7-17)5-12(13)18/h1-6H,18H2,(H,19,20). The molecule has 3 N–H and O–H groups in total. The summed E-state index contributed by atoms with van der Waals surface area (Å²) in [5, 5.41) is 11.2. The smallest absolute Gasteiger partial charge is 0.255 e. The molecule has 0 bridgehead atoms. The van der Waals surface area contributed by atoms with Gasteiger partial charge in [-0.15, -0.1) is 0 Å². The summed E-state index contributed by atoms with van der Waals surface area (Å²) in [4.78, 5) is 12.0. The molecule has 0 fully saturated rings. The van der Waals surface area contributed by atoms with Crippen molar-refractivity contribution in [1.82, 2.24) is 0 Å². The van der Waals surface area contributed by atoms with Crippen LogP contribution in [0.25, 0.3) is 0 Å². The molecule has 2 aromatic carbocycles. The van der Waals surface area contributed by atoms with Crippen LogP contribution in [0.15, 0.2) is 36.4 Å². The second kappa shape index (κ2) is 5.59. The van der Waals surface area contributed by atoms with Crippen molar-refractivity contribution >= 4 is 28.9 Å². The number of carbonyl (C=O) groups is 1. The van der Waals surface area contributed by atoms with E-state index in [4.69, 9.17) is 22.6 Å². The van der Waals surface area contributed by atoms with Gasteiger partial charge in [0.15, 0.2) is 0 Å². The number of hydrogen-bond donors (Lipinski definition) is 2. The first kappa shape index (κ1) is 13.8. The van der Waals surface area contributed by atoms with Crippen molar-refractivity contribution in [3.05, 3.63) is 58.4 Å². The summed E-state index contributed by atoms with van der Waals surface area (Å²) in [5.74, 6) is -1.07. The number of amides is 1. The van der Waals surface area contributed by atoms with E-state index in [2.05, 4.69) is 5.32 Å². The van der Waals surface area contributed by atoms with Crippen molar-refractivity contribution in [2.75, 3.05) is 11.1 Å². The van der Waals surface area contributed by atoms with Gasteiger partial charge in [-0.05, 0) is 36.4 Å². The quantitative estimate of drug-likeness (QED) is 0.833. The number of nitriles is 1. The summed E-state index contributed by atoms with van der Waals surface area (Å²) < 4.78 is 13.0. The highest BCUT2D eigenvalue weighted by Crippen LogP contribution is 2.21. The van der Waals surface area contributed by atoms with E-state index >= 15 is 0 Å². The average molecular weight is 290 g/mol. The number of halogens is 2. The van der Waals surface area contributed by atoms with E-state index in [0.717, 1.165) is 6.07 Å². The Morgan fingerprint density at radius 2 is 2.05 bits per heavy atom. The number of nitrogens with one attached hydrogen (secondary N) is 1. The zero-order valence-corrected chi connectivity index (χ0v) is 10.9. The van der Waals surface area contributed by atoms with Crippen LogP contribution in [0.2, 0.25) is 5.02 Å². The minimum Gasteiger partial charge on any atom is -0.397 e. The van der Waals surface area contributed by atoms with Gasteiger partial charge in [0.2, 0.25) is 0 Å². The molecule has 0 saturated carbocycles. The summed E-state index contributed by atoms with van der Waals surface area (Å²) in [7, 11) is 0. The van der Waals surface area contributed by atoms with Crippen LogP contribution in [0, 0.1) is 17.1 Å². The van der Waals surface area contributed by atoms with Gasteiger partial charge in [-0.1, -0.05) is 11.6 Å². The lowest BCUT2D eigenvalue weighted by Crippen LogP contribution is -2.13. The molecule has 2 rings (SSSR count). The third-order valence-electron chi connectivity index (χ3n) is 2.61. The average Bonchev–Trinajstić information content (AvgIpc) is 2.43. The van der Waals surface area contributed by atoms with Crippen molar-refractivity contribution in [3.8, 4) is 6.07 Å². The van der Waals surface area contributed by atoms with Gasteiger partial charge in [-0.25, -0.2) is 4.39 Å². The first-order chi connectivity index (χ1) is 9.51. The van der Waals surface area contributed by atoms with E-state index in [0.29, 0.717) is 11.3 Å². The van der Waals surface area contributed by atoms with Crippen LogP contribution in [-0.2, 0) is 0 Å². The second-order valence-corrected chi connectivity index (χ2v) is 4.40. The van der Waals surface area contributed by atoms with Crippen LogP contribution in [-0.4, -0.2) is 5.91 Å². The largest absolute Gasteiger partial charge is 0.397 e. The third kappa shape index (κ3) is 2.87. The summed E-state index contributed by atoms with van der Waals surface area (Å²) >= 11 is 5.62. The number of anilines is 2. The Labute approximate surface area is 119 Å². The number of hydrogen-bond acceptors (Lipinski definition) is 3. The molecule has 100 valence electrons. The summed E-state index contributed by atoms with van der Waals surface area (Å²) in [6, 6.07) is 10.1. The maximum atomic E-state index is 13.0. The van der Waals surface area contributed by atoms with Gasteiger partial charge in [-0.3, -0.25) is 4.79 Å². The molecule has 0 radical (unpaired) electrons. The number of nitrogen functional groups attached to an aromatic ring is 1. The number of nitrogens with two attached hydrogens (primary N) is 1. The fourth-order valence-electron chi connectivity index (χ4n) is 1.58. The molecule has 4 nitrogen and oxygen atoms in total. The van der Waals surface area contributed by atoms with E-state index in [-0.39, 0.29) is 16.3 Å². The van der Waals surface area contributed by atoms with E-state index in [9.17, 15) is 9.18 Å². The Balaban J connectivity index is 2.23. The van der Waals surface area contributed by atoms with Crippen LogP contribution < -0.4 is 11.1 Å². The summed E-state index contributed by atoms with van der Waals surface area (Å²) in [6.07, 6.45) is 0. The Kier molecular flexibility index (Phi) is 3.87. The summed E-state index contributed by atoms with van der Waals surface area (Å²) in [6.45, 7) is 0. The first-order valence-corrected chi connectivity index (χ1v) is 5.95. The predicted molar refractivity (Wildman–Crippen MR) is 74.9 cm³/mol. The number of nitrogens with zero attached hydrogens (tertiary/aromatic N) is 1. The molecule has 0 spiro atoms. The SMILES string of the molecule is N#Cc1ccc(NC(=O)c2ccc(F)c(Cl)c2)c(N)c1. The van der Waals surface area contributed by atoms with Gasteiger partial charge >= 0.3 is 0 Å². The lowest BCUT2D eigenvalue weighted by atomic mass is 10.1. The Hall–Kier alpha value is -2.58. The van der Waals surface area contributed by atoms with Crippen molar-refractivity contribution < 1.29 is 9.18 Å². The van der Waals surface area contributed by atoms with E-state index in [1.807, 2.05) is 6.07 Å². The minimum atomic E-state index is -0.596. The summed E-state index contributed by atoms with van der Waals surface area (Å²) in [5.41, 5.74) is 6.97. The van der Waals surface area contributed by atoms with Crippen molar-refractivity contribution in [1.29, 1.82) is 5.26 Å². The Morgan fingerprint density at radius 3 is 2.65 bits per heavy atom. The van der Waals surface area contributed by atoms with E-state index in [1.54, 1.807) is 0 Å². The normalized spacial score (nSPS) is 9.85. The molecule has 0 aliphatic rings. The third-order valence-corrected chi connectivity index (χ3v) is 2.90. The number of carbonyl (C=O) groups excluding carboxylic acids is 1. The lowest BCUT2D eigenvalue weighted by molar-refractivity contribution is 0.102.